The van der Waals surface area contributed by atoms with E-state index >= 15 is 0 Å². The van der Waals surface area contributed by atoms with Crippen molar-refractivity contribution in [3.8, 4) is 5.75 Å². The molecule has 0 heterocycles. The van der Waals surface area contributed by atoms with Gasteiger partial charge in [-0.15, -0.1) is 0 Å². The molecule has 2 aromatic rings. The molecule has 0 saturated carbocycles. The van der Waals surface area contributed by atoms with E-state index in [9.17, 15) is 4.39 Å². The molecule has 0 fully saturated rings. The van der Waals surface area contributed by atoms with Crippen molar-refractivity contribution in [2.45, 2.75) is 13.0 Å². The first-order chi connectivity index (χ1) is 9.65. The van der Waals surface area contributed by atoms with Crippen molar-refractivity contribution in [2.24, 2.45) is 0 Å². The Morgan fingerprint density at radius 3 is 2.75 bits per heavy atom. The Balaban J connectivity index is 1.76. The smallest absolute Gasteiger partial charge is 0.123 e. The van der Waals surface area contributed by atoms with E-state index in [0.29, 0.717) is 13.2 Å². The number of ether oxygens (including phenoxy) is 1. The highest BCUT2D eigenvalue weighted by Crippen LogP contribution is 2.17. The highest BCUT2D eigenvalue weighted by Gasteiger charge is 2.05. The van der Waals surface area contributed by atoms with Crippen molar-refractivity contribution in [2.75, 3.05) is 13.2 Å². The van der Waals surface area contributed by atoms with E-state index in [1.54, 1.807) is 12.1 Å². The van der Waals surface area contributed by atoms with Gasteiger partial charge in [0.05, 0.1) is 0 Å². The molecular formula is C16H17BrFNO. The van der Waals surface area contributed by atoms with Crippen LogP contribution in [0.5, 0.6) is 5.75 Å². The molecule has 0 unspecified atom stereocenters. The maximum absolute atomic E-state index is 13.1. The van der Waals surface area contributed by atoms with Crippen molar-refractivity contribution in [3.63, 3.8) is 0 Å². The van der Waals surface area contributed by atoms with E-state index in [1.165, 1.54) is 6.07 Å². The first-order valence-corrected chi connectivity index (χ1v) is 7.31. The van der Waals surface area contributed by atoms with Crippen molar-refractivity contribution in [1.82, 2.24) is 5.32 Å². The van der Waals surface area contributed by atoms with Crippen LogP contribution in [0.1, 0.15) is 18.5 Å². The maximum Gasteiger partial charge on any atom is 0.123 e. The van der Waals surface area contributed by atoms with E-state index < -0.39 is 0 Å². The van der Waals surface area contributed by atoms with Gasteiger partial charge < -0.3 is 10.1 Å². The molecule has 2 aromatic carbocycles. The SMILES string of the molecule is C[C@@H](NCCOc1cccc(Br)c1)c1cccc(F)c1. The lowest BCUT2D eigenvalue weighted by Gasteiger charge is -2.14. The largest absolute Gasteiger partial charge is 0.492 e. The molecule has 1 atom stereocenters. The van der Waals surface area contributed by atoms with Crippen LogP contribution >= 0.6 is 15.9 Å². The third-order valence-electron chi connectivity index (χ3n) is 2.97. The molecule has 0 amide bonds. The summed E-state index contributed by atoms with van der Waals surface area (Å²) in [6.07, 6.45) is 0. The van der Waals surface area contributed by atoms with Crippen LogP contribution < -0.4 is 10.1 Å². The molecule has 2 rings (SSSR count). The third-order valence-corrected chi connectivity index (χ3v) is 3.46. The molecule has 0 aromatic heterocycles. The predicted molar refractivity (Wildman–Crippen MR) is 82.5 cm³/mol. The van der Waals surface area contributed by atoms with E-state index in [4.69, 9.17) is 4.74 Å². The summed E-state index contributed by atoms with van der Waals surface area (Å²) in [5, 5.41) is 3.31. The second kappa shape index (κ2) is 7.41. The Morgan fingerprint density at radius 2 is 2.00 bits per heavy atom. The summed E-state index contributed by atoms with van der Waals surface area (Å²) in [5.74, 6) is 0.626. The summed E-state index contributed by atoms with van der Waals surface area (Å²) in [4.78, 5) is 0. The molecule has 0 aliphatic heterocycles. The summed E-state index contributed by atoms with van der Waals surface area (Å²) in [6, 6.07) is 14.5. The van der Waals surface area contributed by atoms with Gasteiger partial charge in [0, 0.05) is 17.1 Å². The number of rotatable bonds is 6. The zero-order valence-electron chi connectivity index (χ0n) is 11.3. The standard InChI is InChI=1S/C16H17BrFNO/c1-12(13-4-2-6-15(18)10-13)19-8-9-20-16-7-3-5-14(17)11-16/h2-7,10-12,19H,8-9H2,1H3/t12-/m1/s1. The molecule has 0 bridgehead atoms. The summed E-state index contributed by atoms with van der Waals surface area (Å²) in [6.45, 7) is 3.27. The zero-order valence-corrected chi connectivity index (χ0v) is 12.9. The van der Waals surface area contributed by atoms with Gasteiger partial charge in [-0.2, -0.15) is 0 Å². The van der Waals surface area contributed by atoms with Crippen LogP contribution in [0.3, 0.4) is 0 Å². The molecular weight excluding hydrogens is 321 g/mol. The Morgan fingerprint density at radius 1 is 1.20 bits per heavy atom. The maximum atomic E-state index is 13.1. The molecule has 106 valence electrons. The van der Waals surface area contributed by atoms with Crippen molar-refractivity contribution in [3.05, 3.63) is 64.4 Å². The first kappa shape index (κ1) is 15.0. The lowest BCUT2D eigenvalue weighted by Crippen LogP contribution is -2.24. The van der Waals surface area contributed by atoms with Gasteiger partial charge in [0.15, 0.2) is 0 Å². The molecule has 0 saturated heterocycles. The Bertz CT molecular complexity index is 562. The second-order valence-electron chi connectivity index (χ2n) is 4.54. The Hall–Kier alpha value is -1.39. The topological polar surface area (TPSA) is 21.3 Å². The van der Waals surface area contributed by atoms with Gasteiger partial charge in [0.1, 0.15) is 18.2 Å². The van der Waals surface area contributed by atoms with Crippen LogP contribution in [0.15, 0.2) is 53.0 Å². The van der Waals surface area contributed by atoms with Crippen LogP contribution in [-0.2, 0) is 0 Å². The highest BCUT2D eigenvalue weighted by molar-refractivity contribution is 9.10. The fraction of sp³-hybridized carbons (Fsp3) is 0.250. The van der Waals surface area contributed by atoms with E-state index in [0.717, 1.165) is 15.8 Å². The van der Waals surface area contributed by atoms with Gasteiger partial charge in [0.2, 0.25) is 0 Å². The van der Waals surface area contributed by atoms with Crippen LogP contribution in [0, 0.1) is 5.82 Å². The normalized spacial score (nSPS) is 12.2. The molecule has 0 radical (unpaired) electrons. The Kier molecular flexibility index (Phi) is 5.56. The lowest BCUT2D eigenvalue weighted by molar-refractivity contribution is 0.307. The minimum atomic E-state index is -0.207. The average Bonchev–Trinajstić information content (AvgIpc) is 2.43. The minimum Gasteiger partial charge on any atom is -0.492 e. The fourth-order valence-electron chi connectivity index (χ4n) is 1.89. The third kappa shape index (κ3) is 4.62. The summed E-state index contributed by atoms with van der Waals surface area (Å²) in [5.41, 5.74) is 0.937. The van der Waals surface area contributed by atoms with Gasteiger partial charge in [0.25, 0.3) is 0 Å². The van der Waals surface area contributed by atoms with Gasteiger partial charge in [-0.3, -0.25) is 0 Å². The zero-order chi connectivity index (χ0) is 14.4. The number of halogens is 2. The summed E-state index contributed by atoms with van der Waals surface area (Å²) in [7, 11) is 0. The lowest BCUT2D eigenvalue weighted by atomic mass is 10.1. The predicted octanol–water partition coefficient (Wildman–Crippen LogP) is 4.32. The number of hydrogen-bond donors (Lipinski definition) is 1. The molecule has 20 heavy (non-hydrogen) atoms. The monoisotopic (exact) mass is 337 g/mol. The van der Waals surface area contributed by atoms with E-state index in [2.05, 4.69) is 21.2 Å². The minimum absolute atomic E-state index is 0.0943. The van der Waals surface area contributed by atoms with Crippen LogP contribution in [0.2, 0.25) is 0 Å². The van der Waals surface area contributed by atoms with Crippen LogP contribution in [0.25, 0.3) is 0 Å². The van der Waals surface area contributed by atoms with Gasteiger partial charge >= 0.3 is 0 Å². The number of benzene rings is 2. The first-order valence-electron chi connectivity index (χ1n) is 6.52. The van der Waals surface area contributed by atoms with E-state index in [1.807, 2.05) is 37.3 Å². The average molecular weight is 338 g/mol. The molecule has 0 aliphatic carbocycles. The molecule has 4 heteroatoms. The molecule has 0 spiro atoms. The number of hydrogen-bond acceptors (Lipinski definition) is 2. The van der Waals surface area contributed by atoms with Crippen LogP contribution in [0.4, 0.5) is 4.39 Å². The van der Waals surface area contributed by atoms with Gasteiger partial charge in [-0.25, -0.2) is 4.39 Å². The van der Waals surface area contributed by atoms with Crippen molar-refractivity contribution >= 4 is 15.9 Å². The fourth-order valence-corrected chi connectivity index (χ4v) is 2.27. The molecule has 2 nitrogen and oxygen atoms in total. The van der Waals surface area contributed by atoms with E-state index in [-0.39, 0.29) is 11.9 Å². The van der Waals surface area contributed by atoms with Gasteiger partial charge in [-0.1, -0.05) is 34.1 Å². The second-order valence-corrected chi connectivity index (χ2v) is 5.45. The summed E-state index contributed by atoms with van der Waals surface area (Å²) < 4.78 is 19.7. The van der Waals surface area contributed by atoms with Gasteiger partial charge in [-0.05, 0) is 42.8 Å². The quantitative estimate of drug-likeness (QED) is 0.792. The Labute approximate surface area is 127 Å². The molecule has 0 aliphatic rings. The van der Waals surface area contributed by atoms with Crippen molar-refractivity contribution < 1.29 is 9.13 Å². The molecule has 1 N–H and O–H groups in total. The van der Waals surface area contributed by atoms with Crippen LogP contribution in [-0.4, -0.2) is 13.2 Å². The van der Waals surface area contributed by atoms with Crippen molar-refractivity contribution in [1.29, 1.82) is 0 Å². The number of nitrogens with one attached hydrogen (secondary N) is 1. The summed E-state index contributed by atoms with van der Waals surface area (Å²) >= 11 is 3.40. The highest BCUT2D eigenvalue weighted by atomic mass is 79.9.